The molecule has 6 nitrogen and oxygen atoms in total. The summed E-state index contributed by atoms with van der Waals surface area (Å²) in [5.41, 5.74) is 2.82. The highest BCUT2D eigenvalue weighted by molar-refractivity contribution is 7.89. The summed E-state index contributed by atoms with van der Waals surface area (Å²) >= 11 is 0. The number of nitriles is 1. The lowest BCUT2D eigenvalue weighted by atomic mass is 9.87. The second kappa shape index (κ2) is 8.33. The maximum atomic E-state index is 12.6. The van der Waals surface area contributed by atoms with E-state index in [9.17, 15) is 13.2 Å². The predicted octanol–water partition coefficient (Wildman–Crippen LogP) is 2.69. The molecule has 140 valence electrons. The van der Waals surface area contributed by atoms with Crippen LogP contribution in [-0.2, 0) is 16.4 Å². The van der Waals surface area contributed by atoms with E-state index in [-0.39, 0.29) is 29.8 Å². The van der Waals surface area contributed by atoms with Crippen molar-refractivity contribution in [1.29, 1.82) is 5.26 Å². The minimum atomic E-state index is -3.67. The molecule has 2 aromatic carbocycles. The highest BCUT2D eigenvalue weighted by atomic mass is 32.2. The van der Waals surface area contributed by atoms with Gasteiger partial charge in [0.1, 0.15) is 0 Å². The van der Waals surface area contributed by atoms with Gasteiger partial charge in [0.2, 0.25) is 10.0 Å². The maximum absolute atomic E-state index is 12.6. The van der Waals surface area contributed by atoms with Crippen molar-refractivity contribution in [3.05, 3.63) is 65.2 Å². The predicted molar refractivity (Wildman–Crippen MR) is 101 cm³/mol. The van der Waals surface area contributed by atoms with Crippen molar-refractivity contribution in [3.8, 4) is 6.07 Å². The first-order chi connectivity index (χ1) is 13.0. The zero-order chi connectivity index (χ0) is 19.3. The number of nitrogens with zero attached hydrogens (tertiary/aromatic N) is 1. The van der Waals surface area contributed by atoms with Gasteiger partial charge in [-0.05, 0) is 54.7 Å². The minimum absolute atomic E-state index is 0.0292. The Labute approximate surface area is 159 Å². The van der Waals surface area contributed by atoms with E-state index in [1.807, 2.05) is 24.3 Å². The summed E-state index contributed by atoms with van der Waals surface area (Å²) < 4.78 is 26.6. The van der Waals surface area contributed by atoms with Crippen LogP contribution in [-0.4, -0.2) is 20.9 Å². The Morgan fingerprint density at radius 2 is 1.89 bits per heavy atom. The molecule has 1 aliphatic rings. The number of carbonyl (C=O) groups excluding carboxylic acids is 1. The van der Waals surface area contributed by atoms with E-state index < -0.39 is 10.0 Å². The van der Waals surface area contributed by atoms with Gasteiger partial charge in [-0.1, -0.05) is 24.3 Å². The van der Waals surface area contributed by atoms with Crippen LogP contribution in [0.1, 0.15) is 46.8 Å². The summed E-state index contributed by atoms with van der Waals surface area (Å²) in [4.78, 5) is 12.7. The summed E-state index contributed by atoms with van der Waals surface area (Å²) in [6.07, 6.45) is 3.03. The van der Waals surface area contributed by atoms with Gasteiger partial charge in [0, 0.05) is 18.5 Å². The third kappa shape index (κ3) is 4.54. The standard InChI is InChI=1S/C20H21N3O3S/c21-13-4-14-22-27(25,26)17-11-9-16(10-12-17)20(24)23-19-8-3-6-15-5-1-2-7-18(15)19/h1-2,5,7,9-12,19,22H,3-4,6,8,14H2,(H,23,24)/t19-/m1/s1. The molecule has 0 radical (unpaired) electrons. The summed E-state index contributed by atoms with van der Waals surface area (Å²) in [5, 5.41) is 11.5. The second-order valence-corrected chi connectivity index (χ2v) is 8.21. The van der Waals surface area contributed by atoms with E-state index >= 15 is 0 Å². The van der Waals surface area contributed by atoms with Crippen molar-refractivity contribution >= 4 is 15.9 Å². The van der Waals surface area contributed by atoms with Crippen molar-refractivity contribution in [1.82, 2.24) is 10.0 Å². The van der Waals surface area contributed by atoms with Crippen molar-refractivity contribution in [3.63, 3.8) is 0 Å². The number of benzene rings is 2. The van der Waals surface area contributed by atoms with E-state index in [0.29, 0.717) is 5.56 Å². The Bertz CT molecular complexity index is 963. The first-order valence-electron chi connectivity index (χ1n) is 8.86. The molecule has 0 spiro atoms. The molecule has 0 unspecified atom stereocenters. The maximum Gasteiger partial charge on any atom is 0.251 e. The number of fused-ring (bicyclic) bond motifs is 1. The van der Waals surface area contributed by atoms with E-state index in [4.69, 9.17) is 5.26 Å². The van der Waals surface area contributed by atoms with Gasteiger partial charge in [-0.3, -0.25) is 4.79 Å². The number of nitrogens with one attached hydrogen (secondary N) is 2. The number of amides is 1. The second-order valence-electron chi connectivity index (χ2n) is 6.45. The van der Waals surface area contributed by atoms with Gasteiger partial charge in [-0.25, -0.2) is 13.1 Å². The fourth-order valence-corrected chi connectivity index (χ4v) is 4.29. The first-order valence-corrected chi connectivity index (χ1v) is 10.3. The molecule has 2 N–H and O–H groups in total. The number of aryl methyl sites for hydroxylation is 1. The lowest BCUT2D eigenvalue weighted by Gasteiger charge is -2.26. The topological polar surface area (TPSA) is 99.1 Å². The normalized spacial score (nSPS) is 16.2. The Hall–Kier alpha value is -2.69. The molecule has 0 heterocycles. The van der Waals surface area contributed by atoms with Gasteiger partial charge in [0.25, 0.3) is 5.91 Å². The van der Waals surface area contributed by atoms with Crippen LogP contribution in [0.15, 0.2) is 53.4 Å². The van der Waals surface area contributed by atoms with Crippen LogP contribution in [0, 0.1) is 11.3 Å². The zero-order valence-electron chi connectivity index (χ0n) is 14.8. The van der Waals surface area contributed by atoms with Gasteiger partial charge in [0.15, 0.2) is 0 Å². The summed E-state index contributed by atoms with van der Waals surface area (Å²) in [7, 11) is -3.67. The van der Waals surface area contributed by atoms with E-state index in [1.165, 1.54) is 29.8 Å². The molecular weight excluding hydrogens is 362 g/mol. The zero-order valence-corrected chi connectivity index (χ0v) is 15.6. The van der Waals surface area contributed by atoms with Gasteiger partial charge in [-0.15, -0.1) is 0 Å². The van der Waals surface area contributed by atoms with Gasteiger partial charge < -0.3 is 5.32 Å². The molecule has 1 aliphatic carbocycles. The Kier molecular flexibility index (Phi) is 5.89. The SMILES string of the molecule is N#CCCNS(=O)(=O)c1ccc(C(=O)N[C@@H]2CCCc3ccccc32)cc1. The number of carbonyl (C=O) groups is 1. The molecule has 0 saturated heterocycles. The third-order valence-corrected chi connectivity index (χ3v) is 6.11. The van der Waals surface area contributed by atoms with Crippen LogP contribution in [0.3, 0.4) is 0 Å². The fourth-order valence-electron chi connectivity index (χ4n) is 3.26. The highest BCUT2D eigenvalue weighted by Gasteiger charge is 2.22. The lowest BCUT2D eigenvalue weighted by Crippen LogP contribution is -2.31. The Morgan fingerprint density at radius 3 is 2.63 bits per heavy atom. The van der Waals surface area contributed by atoms with Crippen molar-refractivity contribution in [2.45, 2.75) is 36.6 Å². The van der Waals surface area contributed by atoms with Crippen LogP contribution < -0.4 is 10.0 Å². The van der Waals surface area contributed by atoms with Crippen LogP contribution in [0.4, 0.5) is 0 Å². The van der Waals surface area contributed by atoms with Gasteiger partial charge in [0.05, 0.1) is 17.0 Å². The van der Waals surface area contributed by atoms with Gasteiger partial charge in [-0.2, -0.15) is 5.26 Å². The number of hydrogen-bond donors (Lipinski definition) is 2. The van der Waals surface area contributed by atoms with Crippen molar-refractivity contribution < 1.29 is 13.2 Å². The van der Waals surface area contributed by atoms with E-state index in [0.717, 1.165) is 24.8 Å². The smallest absolute Gasteiger partial charge is 0.251 e. The molecule has 0 aromatic heterocycles. The van der Waals surface area contributed by atoms with Crippen LogP contribution in [0.25, 0.3) is 0 Å². The molecule has 7 heteroatoms. The minimum Gasteiger partial charge on any atom is -0.345 e. The van der Waals surface area contributed by atoms with Gasteiger partial charge >= 0.3 is 0 Å². The summed E-state index contributed by atoms with van der Waals surface area (Å²) in [6, 6.07) is 15.8. The molecule has 0 saturated carbocycles. The summed E-state index contributed by atoms with van der Waals surface area (Å²) in [6.45, 7) is 0.0577. The average molecular weight is 383 g/mol. The number of hydrogen-bond acceptors (Lipinski definition) is 4. The largest absolute Gasteiger partial charge is 0.345 e. The average Bonchev–Trinajstić information content (AvgIpc) is 2.68. The molecule has 1 atom stereocenters. The van der Waals surface area contributed by atoms with Crippen LogP contribution in [0.2, 0.25) is 0 Å². The van der Waals surface area contributed by atoms with E-state index in [2.05, 4.69) is 16.1 Å². The summed E-state index contributed by atoms with van der Waals surface area (Å²) in [5.74, 6) is -0.224. The lowest BCUT2D eigenvalue weighted by molar-refractivity contribution is 0.0932. The molecule has 0 fully saturated rings. The van der Waals surface area contributed by atoms with Crippen molar-refractivity contribution in [2.75, 3.05) is 6.54 Å². The van der Waals surface area contributed by atoms with Crippen LogP contribution in [0.5, 0.6) is 0 Å². The molecule has 27 heavy (non-hydrogen) atoms. The monoisotopic (exact) mass is 383 g/mol. The fraction of sp³-hybridized carbons (Fsp3) is 0.300. The quantitative estimate of drug-likeness (QED) is 0.749. The van der Waals surface area contributed by atoms with Crippen molar-refractivity contribution in [2.24, 2.45) is 0 Å². The van der Waals surface area contributed by atoms with E-state index in [1.54, 1.807) is 0 Å². The van der Waals surface area contributed by atoms with Crippen LogP contribution >= 0.6 is 0 Å². The Balaban J connectivity index is 1.69. The molecule has 0 aliphatic heterocycles. The molecule has 1 amide bonds. The first kappa shape index (κ1) is 19.1. The molecule has 3 rings (SSSR count). The molecule has 0 bridgehead atoms. The highest BCUT2D eigenvalue weighted by Crippen LogP contribution is 2.29. The molecule has 2 aromatic rings. The number of rotatable bonds is 6. The Morgan fingerprint density at radius 1 is 1.15 bits per heavy atom. The third-order valence-electron chi connectivity index (χ3n) is 4.63. The molecular formula is C20H21N3O3S. The number of sulfonamides is 1.